The molecule has 0 aliphatic rings. The molecule has 0 aromatic heterocycles. The summed E-state index contributed by atoms with van der Waals surface area (Å²) in [6.45, 7) is 2.11. The Bertz CT molecular complexity index is 1160. The molecule has 9 nitrogen and oxygen atoms in total. The van der Waals surface area contributed by atoms with Gasteiger partial charge in [-0.25, -0.2) is 4.79 Å². The maximum atomic E-state index is 11.7. The number of hydrogen-bond donors (Lipinski definition) is 2. The number of nitrogens with zero attached hydrogens (tertiary/aromatic N) is 2. The van der Waals surface area contributed by atoms with E-state index in [-0.39, 0.29) is 29.4 Å². The molecule has 0 bridgehead atoms. The number of rotatable bonds is 9. The molecule has 3 aromatic carbocycles. The molecular formula is C23H21N3O6. The molecule has 0 amide bonds. The Morgan fingerprint density at radius 2 is 1.94 bits per heavy atom. The maximum absolute atomic E-state index is 11.7. The molecular weight excluding hydrogens is 414 g/mol. The van der Waals surface area contributed by atoms with Gasteiger partial charge < -0.3 is 14.6 Å². The topological polar surface area (TPSA) is 123 Å². The molecule has 3 rings (SSSR count). The summed E-state index contributed by atoms with van der Waals surface area (Å²) >= 11 is 0. The molecule has 2 N–H and O–H groups in total. The van der Waals surface area contributed by atoms with Crippen molar-refractivity contribution in [2.24, 2.45) is 5.10 Å². The van der Waals surface area contributed by atoms with Crippen LogP contribution in [0.5, 0.6) is 11.5 Å². The molecule has 164 valence electrons. The molecule has 0 saturated heterocycles. The van der Waals surface area contributed by atoms with Crippen LogP contribution in [0.15, 0.2) is 65.8 Å². The summed E-state index contributed by atoms with van der Waals surface area (Å²) in [4.78, 5) is 22.0. The lowest BCUT2D eigenvalue weighted by molar-refractivity contribution is -0.386. The van der Waals surface area contributed by atoms with Gasteiger partial charge in [-0.1, -0.05) is 29.8 Å². The number of aryl methyl sites for hydroxylation is 1. The molecule has 0 aliphatic heterocycles. The number of benzene rings is 3. The lowest BCUT2D eigenvalue weighted by atomic mass is 10.1. The molecule has 3 aromatic rings. The van der Waals surface area contributed by atoms with Crippen LogP contribution >= 0.6 is 0 Å². The minimum atomic E-state index is -1.02. The predicted octanol–water partition coefficient (Wildman–Crippen LogP) is 4.64. The van der Waals surface area contributed by atoms with Crippen molar-refractivity contribution >= 4 is 23.6 Å². The van der Waals surface area contributed by atoms with Gasteiger partial charge in [-0.3, -0.25) is 15.5 Å². The second-order valence-electron chi connectivity index (χ2n) is 6.86. The number of nitro groups is 1. The highest BCUT2D eigenvalue weighted by Crippen LogP contribution is 2.38. The lowest BCUT2D eigenvalue weighted by Gasteiger charge is -2.12. The fraction of sp³-hybridized carbons (Fsp3) is 0.130. The second kappa shape index (κ2) is 10.1. The van der Waals surface area contributed by atoms with Gasteiger partial charge in [0.15, 0.2) is 5.75 Å². The number of anilines is 1. The van der Waals surface area contributed by atoms with Crippen molar-refractivity contribution in [2.75, 3.05) is 12.5 Å². The number of hydrogen-bond acceptors (Lipinski definition) is 7. The highest BCUT2D eigenvalue weighted by Gasteiger charge is 2.22. The van der Waals surface area contributed by atoms with Crippen molar-refractivity contribution < 1.29 is 24.3 Å². The molecule has 0 spiro atoms. The van der Waals surface area contributed by atoms with Crippen molar-refractivity contribution in [2.45, 2.75) is 13.5 Å². The van der Waals surface area contributed by atoms with E-state index in [9.17, 15) is 14.9 Å². The van der Waals surface area contributed by atoms with E-state index in [1.165, 1.54) is 31.5 Å². The average Bonchev–Trinajstić information content (AvgIpc) is 2.77. The van der Waals surface area contributed by atoms with Crippen molar-refractivity contribution in [3.63, 3.8) is 0 Å². The highest BCUT2D eigenvalue weighted by atomic mass is 16.6. The van der Waals surface area contributed by atoms with Crippen LogP contribution in [0, 0.1) is 17.0 Å². The Morgan fingerprint density at radius 1 is 1.19 bits per heavy atom. The lowest BCUT2D eigenvalue weighted by Crippen LogP contribution is -2.03. The Hall–Kier alpha value is -4.40. The second-order valence-corrected chi connectivity index (χ2v) is 6.86. The van der Waals surface area contributed by atoms with E-state index in [2.05, 4.69) is 10.5 Å². The van der Waals surface area contributed by atoms with E-state index in [0.717, 1.165) is 11.1 Å². The summed E-state index contributed by atoms with van der Waals surface area (Å²) < 4.78 is 11.1. The van der Waals surface area contributed by atoms with Crippen molar-refractivity contribution in [1.82, 2.24) is 0 Å². The fourth-order valence-electron chi connectivity index (χ4n) is 2.94. The Morgan fingerprint density at radius 3 is 2.56 bits per heavy atom. The van der Waals surface area contributed by atoms with Crippen LogP contribution in [-0.2, 0) is 6.61 Å². The number of aromatic carboxylic acids is 1. The summed E-state index contributed by atoms with van der Waals surface area (Å²) in [5, 5.41) is 24.6. The van der Waals surface area contributed by atoms with Crippen molar-refractivity contribution in [3.05, 3.63) is 93.0 Å². The monoisotopic (exact) mass is 435 g/mol. The van der Waals surface area contributed by atoms with Gasteiger partial charge in [0.1, 0.15) is 6.61 Å². The summed E-state index contributed by atoms with van der Waals surface area (Å²) in [6, 6.07) is 16.6. The standard InChI is InChI=1S/C23H21N3O6/c1-15-4-3-5-16(10-15)14-32-22-20(26(29)30)11-17(12-21(22)31-2)13-24-25-19-8-6-18(7-9-19)23(27)28/h3-13,25H,14H2,1-2H3,(H,27,28). The normalized spacial score (nSPS) is 10.7. The third-order valence-corrected chi connectivity index (χ3v) is 4.48. The number of carbonyl (C=O) groups is 1. The van der Waals surface area contributed by atoms with Gasteiger partial charge in [0, 0.05) is 11.6 Å². The number of hydrazone groups is 1. The first-order chi connectivity index (χ1) is 15.4. The van der Waals surface area contributed by atoms with Gasteiger partial charge in [-0.15, -0.1) is 0 Å². The van der Waals surface area contributed by atoms with Crippen molar-refractivity contribution in [1.29, 1.82) is 0 Å². The molecule has 0 heterocycles. The first kappa shape index (κ1) is 22.3. The zero-order chi connectivity index (χ0) is 23.1. The minimum absolute atomic E-state index is 0.0355. The first-order valence-electron chi connectivity index (χ1n) is 9.54. The van der Waals surface area contributed by atoms with E-state index >= 15 is 0 Å². The van der Waals surface area contributed by atoms with Crippen LogP contribution in [0.1, 0.15) is 27.0 Å². The van der Waals surface area contributed by atoms with Crippen LogP contribution in [-0.4, -0.2) is 29.3 Å². The zero-order valence-electron chi connectivity index (χ0n) is 17.4. The first-order valence-corrected chi connectivity index (χ1v) is 9.54. The number of nitrogens with one attached hydrogen (secondary N) is 1. The summed E-state index contributed by atoms with van der Waals surface area (Å²) in [5.74, 6) is -0.781. The van der Waals surface area contributed by atoms with Gasteiger partial charge in [0.05, 0.1) is 29.5 Å². The molecule has 9 heteroatoms. The summed E-state index contributed by atoms with van der Waals surface area (Å²) in [6.07, 6.45) is 1.39. The van der Waals surface area contributed by atoms with Gasteiger partial charge in [-0.05, 0) is 42.8 Å². The van der Waals surface area contributed by atoms with Crippen molar-refractivity contribution in [3.8, 4) is 11.5 Å². The van der Waals surface area contributed by atoms with Gasteiger partial charge >= 0.3 is 11.7 Å². The molecule has 0 fully saturated rings. The van der Waals surface area contributed by atoms with Crippen LogP contribution in [0.4, 0.5) is 11.4 Å². The quantitative estimate of drug-likeness (QED) is 0.285. The number of nitro benzene ring substituents is 1. The Kier molecular flexibility index (Phi) is 7.02. The molecule has 0 saturated carbocycles. The maximum Gasteiger partial charge on any atom is 0.335 e. The molecule has 32 heavy (non-hydrogen) atoms. The highest BCUT2D eigenvalue weighted by molar-refractivity contribution is 5.88. The third-order valence-electron chi connectivity index (χ3n) is 4.48. The van der Waals surface area contributed by atoms with Crippen LogP contribution < -0.4 is 14.9 Å². The van der Waals surface area contributed by atoms with Gasteiger partial charge in [0.25, 0.3) is 0 Å². The number of ether oxygens (including phenoxy) is 2. The van der Waals surface area contributed by atoms with Crippen LogP contribution in [0.25, 0.3) is 0 Å². The van der Waals surface area contributed by atoms with E-state index < -0.39 is 10.9 Å². The summed E-state index contributed by atoms with van der Waals surface area (Å²) in [5.41, 5.74) is 5.58. The van der Waals surface area contributed by atoms with E-state index in [4.69, 9.17) is 14.6 Å². The third kappa shape index (κ3) is 5.60. The van der Waals surface area contributed by atoms with Crippen LogP contribution in [0.2, 0.25) is 0 Å². The Balaban J connectivity index is 1.79. The molecule has 0 atom stereocenters. The number of methoxy groups -OCH3 is 1. The zero-order valence-corrected chi connectivity index (χ0v) is 17.4. The smallest absolute Gasteiger partial charge is 0.335 e. The number of carboxylic acid groups (broad SMARTS) is 1. The van der Waals surface area contributed by atoms with Crippen LogP contribution in [0.3, 0.4) is 0 Å². The number of carboxylic acids is 1. The van der Waals surface area contributed by atoms with Gasteiger partial charge in [-0.2, -0.15) is 5.10 Å². The SMILES string of the molecule is COc1cc(C=NNc2ccc(C(=O)O)cc2)cc([N+](=O)[O-])c1OCc1cccc(C)c1. The van der Waals surface area contributed by atoms with E-state index in [1.54, 1.807) is 18.2 Å². The minimum Gasteiger partial charge on any atom is -0.493 e. The summed E-state index contributed by atoms with van der Waals surface area (Å²) in [7, 11) is 1.40. The largest absolute Gasteiger partial charge is 0.493 e. The molecule has 0 radical (unpaired) electrons. The van der Waals surface area contributed by atoms with E-state index in [0.29, 0.717) is 11.3 Å². The molecule has 0 aliphatic carbocycles. The van der Waals surface area contributed by atoms with E-state index in [1.807, 2.05) is 31.2 Å². The average molecular weight is 435 g/mol. The predicted molar refractivity (Wildman–Crippen MR) is 120 cm³/mol. The van der Waals surface area contributed by atoms with Gasteiger partial charge in [0.2, 0.25) is 5.75 Å². The Labute approximate surface area is 184 Å². The molecule has 0 unspecified atom stereocenters. The fourth-order valence-corrected chi connectivity index (χ4v) is 2.94.